The summed E-state index contributed by atoms with van der Waals surface area (Å²) in [7, 11) is 0. The van der Waals surface area contributed by atoms with Crippen LogP contribution in [0.5, 0.6) is 5.75 Å². The van der Waals surface area contributed by atoms with E-state index >= 15 is 0 Å². The molecular weight excluding hydrogens is 468 g/mol. The van der Waals surface area contributed by atoms with Crippen LogP contribution in [-0.4, -0.2) is 52.5 Å². The Bertz CT molecular complexity index is 1290. The molecule has 1 aliphatic rings. The number of nitrogens with zero attached hydrogens (tertiary/aromatic N) is 3. The van der Waals surface area contributed by atoms with Crippen LogP contribution in [0.15, 0.2) is 58.5 Å². The maximum atomic E-state index is 13.3. The second-order valence-corrected chi connectivity index (χ2v) is 9.35. The predicted molar refractivity (Wildman–Crippen MR) is 135 cm³/mol. The van der Waals surface area contributed by atoms with Crippen molar-refractivity contribution in [3.05, 3.63) is 58.9 Å². The number of aromatic nitrogens is 2. The van der Waals surface area contributed by atoms with E-state index in [9.17, 15) is 14.4 Å². The van der Waals surface area contributed by atoms with Gasteiger partial charge < -0.3 is 20.1 Å². The van der Waals surface area contributed by atoms with E-state index in [-0.39, 0.29) is 29.9 Å². The molecule has 0 aliphatic carbocycles. The Labute approximate surface area is 207 Å². The molecule has 1 atom stereocenters. The first kappa shape index (κ1) is 24.7. The van der Waals surface area contributed by atoms with E-state index in [0.717, 1.165) is 0 Å². The van der Waals surface area contributed by atoms with Gasteiger partial charge in [0.1, 0.15) is 5.75 Å². The normalized spacial score (nSPS) is 15.2. The largest absolute Gasteiger partial charge is 0.477 e. The molecule has 0 saturated carbocycles. The van der Waals surface area contributed by atoms with Crippen LogP contribution >= 0.6 is 11.8 Å². The smallest absolute Gasteiger partial charge is 0.262 e. The van der Waals surface area contributed by atoms with Crippen LogP contribution in [0, 0.1) is 0 Å². The third kappa shape index (κ3) is 5.66. The van der Waals surface area contributed by atoms with E-state index < -0.39 is 12.0 Å². The third-order valence-corrected chi connectivity index (χ3v) is 6.48. The Hall–Kier alpha value is -3.37. The number of primary amides is 1. The summed E-state index contributed by atoms with van der Waals surface area (Å²) in [4.78, 5) is 44.4. The fourth-order valence-electron chi connectivity index (χ4n) is 3.82. The molecule has 1 unspecified atom stereocenters. The summed E-state index contributed by atoms with van der Waals surface area (Å²) in [5.74, 6) is -0.438. The summed E-state index contributed by atoms with van der Waals surface area (Å²) in [6.07, 6.45) is -0.193. The van der Waals surface area contributed by atoms with Crippen molar-refractivity contribution in [3.8, 4) is 5.75 Å². The minimum Gasteiger partial charge on any atom is -0.477 e. The number of ether oxygens (including phenoxy) is 2. The number of benzene rings is 2. The number of anilines is 1. The second-order valence-electron chi connectivity index (χ2n) is 8.41. The third-order valence-electron chi connectivity index (χ3n) is 5.52. The Morgan fingerprint density at radius 3 is 2.71 bits per heavy atom. The highest BCUT2D eigenvalue weighted by molar-refractivity contribution is 7.99. The Balaban J connectivity index is 1.57. The topological polar surface area (TPSA) is 117 Å². The second kappa shape index (κ2) is 10.9. The van der Waals surface area contributed by atoms with Gasteiger partial charge in [0.25, 0.3) is 11.5 Å². The lowest BCUT2D eigenvalue weighted by molar-refractivity contribution is -0.125. The van der Waals surface area contributed by atoms with Gasteiger partial charge in [-0.3, -0.25) is 19.0 Å². The van der Waals surface area contributed by atoms with Crippen molar-refractivity contribution in [3.63, 3.8) is 0 Å². The Morgan fingerprint density at radius 1 is 1.20 bits per heavy atom. The summed E-state index contributed by atoms with van der Waals surface area (Å²) in [5, 5.41) is 0.985. The van der Waals surface area contributed by atoms with Gasteiger partial charge in [-0.2, -0.15) is 0 Å². The maximum Gasteiger partial charge on any atom is 0.262 e. The average Bonchev–Trinajstić information content (AvgIpc) is 2.85. The molecule has 3 aromatic rings. The molecule has 0 radical (unpaired) electrons. The zero-order valence-corrected chi connectivity index (χ0v) is 20.5. The quantitative estimate of drug-likeness (QED) is 0.275. The zero-order valence-electron chi connectivity index (χ0n) is 19.7. The van der Waals surface area contributed by atoms with E-state index in [1.54, 1.807) is 47.0 Å². The number of carbonyl (C=O) groups is 2. The minimum absolute atomic E-state index is 0.0209. The van der Waals surface area contributed by atoms with Crippen molar-refractivity contribution in [2.24, 2.45) is 5.73 Å². The van der Waals surface area contributed by atoms with Gasteiger partial charge in [0.15, 0.2) is 11.3 Å². The minimum atomic E-state index is -0.934. The van der Waals surface area contributed by atoms with Crippen molar-refractivity contribution < 1.29 is 19.1 Å². The highest BCUT2D eigenvalue weighted by atomic mass is 32.2. The molecule has 184 valence electrons. The van der Waals surface area contributed by atoms with Crippen LogP contribution in [0.1, 0.15) is 20.3 Å². The molecule has 4 rings (SSSR count). The number of nitrogens with two attached hydrogens (primary N) is 1. The van der Waals surface area contributed by atoms with E-state index in [0.29, 0.717) is 47.1 Å². The van der Waals surface area contributed by atoms with Crippen molar-refractivity contribution >= 4 is 40.2 Å². The van der Waals surface area contributed by atoms with E-state index in [2.05, 4.69) is 4.98 Å². The molecule has 9 nitrogen and oxygen atoms in total. The van der Waals surface area contributed by atoms with Gasteiger partial charge in [0.05, 0.1) is 35.0 Å². The zero-order chi connectivity index (χ0) is 24.9. The van der Waals surface area contributed by atoms with E-state index in [4.69, 9.17) is 15.2 Å². The van der Waals surface area contributed by atoms with Gasteiger partial charge in [-0.15, -0.1) is 0 Å². The van der Waals surface area contributed by atoms with Gasteiger partial charge >= 0.3 is 0 Å². The lowest BCUT2D eigenvalue weighted by Crippen LogP contribution is -2.49. The number of carbonyl (C=O) groups excluding carboxylic acids is 2. The van der Waals surface area contributed by atoms with Crippen LogP contribution < -0.4 is 20.9 Å². The van der Waals surface area contributed by atoms with Crippen molar-refractivity contribution in [2.75, 3.05) is 23.8 Å². The molecule has 0 fully saturated rings. The number of hydrogen-bond acceptors (Lipinski definition) is 7. The SMILES string of the molecule is CC(C)OCCCn1c(SCC(=O)N2CC(C(N)=O)Oc3ccccc32)nc2ccccc2c1=O. The molecule has 2 aromatic carbocycles. The standard InChI is InChI=1S/C25H28N4O5S/c1-16(2)33-13-7-12-28-24(32)17-8-3-4-9-18(17)27-25(28)35-15-22(30)29-14-21(23(26)31)34-20-11-6-5-10-19(20)29/h3-6,8-11,16,21H,7,12-15H2,1-2H3,(H2,26,31). The highest BCUT2D eigenvalue weighted by Gasteiger charge is 2.32. The van der Waals surface area contributed by atoms with Gasteiger partial charge in [-0.25, -0.2) is 4.98 Å². The molecule has 2 N–H and O–H groups in total. The van der Waals surface area contributed by atoms with Gasteiger partial charge in [0, 0.05) is 13.2 Å². The van der Waals surface area contributed by atoms with E-state index in [1.807, 2.05) is 19.9 Å². The van der Waals surface area contributed by atoms with Crippen LogP contribution in [0.2, 0.25) is 0 Å². The highest BCUT2D eigenvalue weighted by Crippen LogP contribution is 2.33. The Morgan fingerprint density at radius 2 is 1.94 bits per heavy atom. The number of rotatable bonds is 9. The first-order chi connectivity index (χ1) is 16.8. The van der Waals surface area contributed by atoms with Gasteiger partial charge in [-0.1, -0.05) is 36.0 Å². The summed E-state index contributed by atoms with van der Waals surface area (Å²) in [5.41, 5.74) is 6.45. The lowest BCUT2D eigenvalue weighted by atomic mass is 10.2. The fourth-order valence-corrected chi connectivity index (χ4v) is 4.72. The van der Waals surface area contributed by atoms with Crippen molar-refractivity contribution in [2.45, 2.75) is 44.2 Å². The summed E-state index contributed by atoms with van der Waals surface area (Å²) in [6.45, 7) is 4.88. The van der Waals surface area contributed by atoms with E-state index in [1.165, 1.54) is 16.7 Å². The number of hydrogen-bond donors (Lipinski definition) is 1. The number of para-hydroxylation sites is 3. The molecule has 10 heteroatoms. The summed E-state index contributed by atoms with van der Waals surface area (Å²) >= 11 is 1.19. The predicted octanol–water partition coefficient (Wildman–Crippen LogP) is 2.58. The molecule has 35 heavy (non-hydrogen) atoms. The molecule has 0 spiro atoms. The maximum absolute atomic E-state index is 13.3. The number of fused-ring (bicyclic) bond motifs is 2. The van der Waals surface area contributed by atoms with Crippen LogP contribution in [0.4, 0.5) is 5.69 Å². The first-order valence-electron chi connectivity index (χ1n) is 11.4. The molecule has 2 amide bonds. The number of thioether (sulfide) groups is 1. The van der Waals surface area contributed by atoms with Crippen LogP contribution in [-0.2, 0) is 20.9 Å². The van der Waals surface area contributed by atoms with Crippen LogP contribution in [0.3, 0.4) is 0 Å². The van der Waals surface area contributed by atoms with Gasteiger partial charge in [0.2, 0.25) is 5.91 Å². The average molecular weight is 497 g/mol. The molecule has 1 aliphatic heterocycles. The van der Waals surface area contributed by atoms with Crippen molar-refractivity contribution in [1.29, 1.82) is 0 Å². The first-order valence-corrected chi connectivity index (χ1v) is 12.4. The summed E-state index contributed by atoms with van der Waals surface area (Å²) < 4.78 is 12.9. The molecule has 0 bridgehead atoms. The molecule has 2 heterocycles. The fraction of sp³-hybridized carbons (Fsp3) is 0.360. The van der Waals surface area contributed by atoms with Crippen molar-refractivity contribution in [1.82, 2.24) is 9.55 Å². The number of amides is 2. The molecule has 1 aromatic heterocycles. The summed E-state index contributed by atoms with van der Waals surface area (Å²) in [6, 6.07) is 14.2. The van der Waals surface area contributed by atoms with Gasteiger partial charge in [-0.05, 0) is 44.5 Å². The molecule has 0 saturated heterocycles. The van der Waals surface area contributed by atoms with Crippen LogP contribution in [0.25, 0.3) is 10.9 Å². The Kier molecular flexibility index (Phi) is 7.72. The monoisotopic (exact) mass is 496 g/mol. The molecular formula is C25H28N4O5S. The lowest BCUT2D eigenvalue weighted by Gasteiger charge is -2.33.